The van der Waals surface area contributed by atoms with Crippen LogP contribution in [0.25, 0.3) is 11.3 Å². The number of ether oxygens (including phenoxy) is 1. The van der Waals surface area contributed by atoms with Crippen molar-refractivity contribution in [1.29, 1.82) is 0 Å². The molecular formula is C20H19ClF3N5O2. The van der Waals surface area contributed by atoms with Crippen LogP contribution in [0.3, 0.4) is 0 Å². The summed E-state index contributed by atoms with van der Waals surface area (Å²) in [6.45, 7) is 0.483. The summed E-state index contributed by atoms with van der Waals surface area (Å²) in [6, 6.07) is 4.94. The maximum Gasteiger partial charge on any atom is 0.433 e. The molecule has 164 valence electrons. The van der Waals surface area contributed by atoms with Gasteiger partial charge in [-0.05, 0) is 18.6 Å². The predicted octanol–water partition coefficient (Wildman–Crippen LogP) is 3.70. The zero-order valence-electron chi connectivity index (χ0n) is 17.0. The Morgan fingerprint density at radius 1 is 1.23 bits per heavy atom. The second-order valence-corrected chi connectivity index (χ2v) is 7.60. The molecule has 7 nitrogen and oxygen atoms in total. The van der Waals surface area contributed by atoms with Crippen molar-refractivity contribution >= 4 is 17.5 Å². The molecule has 1 aromatic carbocycles. The zero-order chi connectivity index (χ0) is 22.5. The normalized spacial score (nSPS) is 14.0. The largest absolute Gasteiger partial charge is 0.495 e. The molecule has 2 aromatic heterocycles. The molecule has 0 spiro atoms. The van der Waals surface area contributed by atoms with Crippen LogP contribution in [-0.4, -0.2) is 44.0 Å². The second kappa shape index (κ2) is 7.60. The minimum absolute atomic E-state index is 0.0260. The van der Waals surface area contributed by atoms with Crippen LogP contribution < -0.4 is 4.74 Å². The highest BCUT2D eigenvalue weighted by molar-refractivity contribution is 6.35. The monoisotopic (exact) mass is 453 g/mol. The Balaban J connectivity index is 1.69. The maximum absolute atomic E-state index is 13.6. The van der Waals surface area contributed by atoms with Gasteiger partial charge in [0.15, 0.2) is 5.69 Å². The molecule has 0 aliphatic carbocycles. The lowest BCUT2D eigenvalue weighted by Crippen LogP contribution is -2.36. The van der Waals surface area contributed by atoms with E-state index in [2.05, 4.69) is 10.2 Å². The fourth-order valence-corrected chi connectivity index (χ4v) is 4.26. The Morgan fingerprint density at radius 2 is 1.97 bits per heavy atom. The fraction of sp³-hybridized carbons (Fsp3) is 0.350. The van der Waals surface area contributed by atoms with Gasteiger partial charge < -0.3 is 9.64 Å². The van der Waals surface area contributed by atoms with Gasteiger partial charge in [0.2, 0.25) is 0 Å². The first-order valence-corrected chi connectivity index (χ1v) is 9.77. The molecule has 3 heterocycles. The van der Waals surface area contributed by atoms with Crippen LogP contribution in [-0.2, 0) is 33.2 Å². The van der Waals surface area contributed by atoms with Gasteiger partial charge >= 0.3 is 6.18 Å². The van der Waals surface area contributed by atoms with Crippen molar-refractivity contribution < 1.29 is 22.7 Å². The van der Waals surface area contributed by atoms with Gasteiger partial charge in [0, 0.05) is 26.2 Å². The van der Waals surface area contributed by atoms with Crippen LogP contribution in [0.1, 0.15) is 27.3 Å². The number of nitrogens with zero attached hydrogens (tertiary/aromatic N) is 5. The number of benzene rings is 1. The summed E-state index contributed by atoms with van der Waals surface area (Å²) in [5, 5.41) is 8.42. The van der Waals surface area contributed by atoms with Crippen molar-refractivity contribution in [2.24, 2.45) is 14.1 Å². The molecule has 4 rings (SSSR count). The first-order chi connectivity index (χ1) is 14.6. The Labute approximate surface area is 181 Å². The van der Waals surface area contributed by atoms with Gasteiger partial charge in [0.05, 0.1) is 47.4 Å². The van der Waals surface area contributed by atoms with Crippen molar-refractivity contribution in [3.05, 3.63) is 51.9 Å². The number of carbonyl (C=O) groups is 1. The summed E-state index contributed by atoms with van der Waals surface area (Å²) in [6.07, 6.45) is -3.00. The standard InChI is InChI=1S/C20H19ClF3N5O2/c1-27-17(13-9-25-28(2)18(13)20(22,23)24)11-7-8-29(10-14(11)26-27)19(30)12-5-4-6-15(31-3)16(12)21/h4-6,9H,7-8,10H2,1-3H3. The van der Waals surface area contributed by atoms with Crippen molar-refractivity contribution in [2.45, 2.75) is 19.1 Å². The van der Waals surface area contributed by atoms with E-state index < -0.39 is 11.9 Å². The molecule has 0 radical (unpaired) electrons. The van der Waals surface area contributed by atoms with Crippen LogP contribution in [0, 0.1) is 0 Å². The quantitative estimate of drug-likeness (QED) is 0.606. The SMILES string of the molecule is COc1cccc(C(=O)N2CCc3c(nn(C)c3-c3cnn(C)c3C(F)(F)F)C2)c1Cl. The highest BCUT2D eigenvalue weighted by atomic mass is 35.5. The van der Waals surface area contributed by atoms with E-state index in [0.717, 1.165) is 4.68 Å². The summed E-state index contributed by atoms with van der Waals surface area (Å²) >= 11 is 6.29. The van der Waals surface area contributed by atoms with Gasteiger partial charge in [-0.25, -0.2) is 0 Å². The highest BCUT2D eigenvalue weighted by Gasteiger charge is 2.40. The van der Waals surface area contributed by atoms with Crippen molar-refractivity contribution in [3.8, 4) is 17.0 Å². The number of methoxy groups -OCH3 is 1. The number of carbonyl (C=O) groups excluding carboxylic acids is 1. The number of aromatic nitrogens is 4. The van der Waals surface area contributed by atoms with E-state index in [4.69, 9.17) is 16.3 Å². The summed E-state index contributed by atoms with van der Waals surface area (Å²) in [4.78, 5) is 14.6. The summed E-state index contributed by atoms with van der Waals surface area (Å²) in [5.74, 6) is 0.0979. The number of alkyl halides is 3. The lowest BCUT2D eigenvalue weighted by Gasteiger charge is -2.27. The molecule has 11 heteroatoms. The van der Waals surface area contributed by atoms with Gasteiger partial charge in [-0.2, -0.15) is 23.4 Å². The average molecular weight is 454 g/mol. The van der Waals surface area contributed by atoms with Gasteiger partial charge in [0.1, 0.15) is 5.75 Å². The Bertz CT molecular complexity index is 1170. The first-order valence-electron chi connectivity index (χ1n) is 9.39. The second-order valence-electron chi connectivity index (χ2n) is 7.22. The van der Waals surface area contributed by atoms with Gasteiger partial charge in [-0.3, -0.25) is 14.2 Å². The van der Waals surface area contributed by atoms with Crippen LogP contribution in [0.4, 0.5) is 13.2 Å². The van der Waals surface area contributed by atoms with E-state index in [-0.39, 0.29) is 23.0 Å². The Hall–Kier alpha value is -3.01. The van der Waals surface area contributed by atoms with E-state index in [1.807, 2.05) is 0 Å². The highest BCUT2D eigenvalue weighted by Crippen LogP contribution is 2.39. The third-order valence-electron chi connectivity index (χ3n) is 5.36. The molecule has 0 saturated carbocycles. The minimum Gasteiger partial charge on any atom is -0.495 e. The number of hydrogen-bond acceptors (Lipinski definition) is 4. The summed E-state index contributed by atoms with van der Waals surface area (Å²) < 4.78 is 48.2. The van der Waals surface area contributed by atoms with E-state index in [1.165, 1.54) is 25.0 Å². The minimum atomic E-state index is -4.56. The summed E-state index contributed by atoms with van der Waals surface area (Å²) in [7, 11) is 4.31. The van der Waals surface area contributed by atoms with E-state index in [1.54, 1.807) is 30.1 Å². The van der Waals surface area contributed by atoms with Crippen molar-refractivity contribution in [3.63, 3.8) is 0 Å². The molecular weight excluding hydrogens is 435 g/mol. The maximum atomic E-state index is 13.6. The topological polar surface area (TPSA) is 65.2 Å². The van der Waals surface area contributed by atoms with E-state index in [0.29, 0.717) is 41.2 Å². The number of amides is 1. The van der Waals surface area contributed by atoms with E-state index in [9.17, 15) is 18.0 Å². The van der Waals surface area contributed by atoms with Gasteiger partial charge in [0.25, 0.3) is 5.91 Å². The van der Waals surface area contributed by atoms with Crippen LogP contribution in [0.2, 0.25) is 5.02 Å². The Morgan fingerprint density at radius 3 is 2.65 bits per heavy atom. The van der Waals surface area contributed by atoms with Crippen LogP contribution >= 0.6 is 11.6 Å². The van der Waals surface area contributed by atoms with Crippen molar-refractivity contribution in [1.82, 2.24) is 24.5 Å². The molecule has 1 amide bonds. The summed E-state index contributed by atoms with van der Waals surface area (Å²) in [5.41, 5.74) is 1.03. The molecule has 0 saturated heterocycles. The lowest BCUT2D eigenvalue weighted by molar-refractivity contribution is -0.143. The molecule has 0 unspecified atom stereocenters. The number of rotatable bonds is 3. The van der Waals surface area contributed by atoms with Gasteiger partial charge in [-0.1, -0.05) is 17.7 Å². The first kappa shape index (κ1) is 21.2. The van der Waals surface area contributed by atoms with Crippen LogP contribution in [0.15, 0.2) is 24.4 Å². The number of fused-ring (bicyclic) bond motifs is 1. The molecule has 1 aliphatic rings. The smallest absolute Gasteiger partial charge is 0.433 e. The van der Waals surface area contributed by atoms with Gasteiger partial charge in [-0.15, -0.1) is 0 Å². The molecule has 0 fully saturated rings. The molecule has 31 heavy (non-hydrogen) atoms. The average Bonchev–Trinajstić information content (AvgIpc) is 3.25. The Kier molecular flexibility index (Phi) is 5.20. The predicted molar refractivity (Wildman–Crippen MR) is 107 cm³/mol. The number of hydrogen-bond donors (Lipinski definition) is 0. The molecule has 0 atom stereocenters. The molecule has 1 aliphatic heterocycles. The van der Waals surface area contributed by atoms with E-state index >= 15 is 0 Å². The number of halogens is 4. The third kappa shape index (κ3) is 3.54. The fourth-order valence-electron chi connectivity index (χ4n) is 3.98. The molecule has 0 N–H and O–H groups in total. The number of aryl methyl sites for hydroxylation is 2. The molecule has 3 aromatic rings. The third-order valence-corrected chi connectivity index (χ3v) is 5.75. The lowest BCUT2D eigenvalue weighted by atomic mass is 9.99. The zero-order valence-corrected chi connectivity index (χ0v) is 17.8. The van der Waals surface area contributed by atoms with Crippen LogP contribution in [0.5, 0.6) is 5.75 Å². The molecule has 0 bridgehead atoms. The van der Waals surface area contributed by atoms with Crippen molar-refractivity contribution in [2.75, 3.05) is 13.7 Å².